The zero-order chi connectivity index (χ0) is 15.3. The summed E-state index contributed by atoms with van der Waals surface area (Å²) < 4.78 is 52.9. The van der Waals surface area contributed by atoms with Gasteiger partial charge in [0.2, 0.25) is 10.0 Å². The molecule has 0 atom stereocenters. The maximum atomic E-state index is 13.8. The van der Waals surface area contributed by atoms with Crippen LogP contribution in [-0.4, -0.2) is 36.5 Å². The van der Waals surface area contributed by atoms with Crippen molar-refractivity contribution in [1.82, 2.24) is 4.31 Å². The molecule has 1 N–H and O–H groups in total. The van der Waals surface area contributed by atoms with Gasteiger partial charge in [-0.05, 0) is 30.5 Å². The first-order chi connectivity index (χ1) is 9.08. The van der Waals surface area contributed by atoms with E-state index in [0.29, 0.717) is 5.56 Å². The van der Waals surface area contributed by atoms with E-state index in [1.807, 2.05) is 0 Å². The summed E-state index contributed by atoms with van der Waals surface area (Å²) in [4.78, 5) is -0.950. The van der Waals surface area contributed by atoms with Gasteiger partial charge < -0.3 is 5.11 Å². The van der Waals surface area contributed by atoms with Crippen molar-refractivity contribution < 1.29 is 22.3 Å². The highest BCUT2D eigenvalue weighted by atomic mass is 32.2. The minimum absolute atomic E-state index is 0.137. The minimum atomic E-state index is -4.26. The first-order valence-electron chi connectivity index (χ1n) is 6.26. The second kappa shape index (κ2) is 4.75. The Labute approximate surface area is 117 Å². The average molecular weight is 305 g/mol. The highest BCUT2D eigenvalue weighted by Crippen LogP contribution is 2.34. The second-order valence-corrected chi connectivity index (χ2v) is 7.46. The highest BCUT2D eigenvalue weighted by molar-refractivity contribution is 7.89. The van der Waals surface area contributed by atoms with Crippen LogP contribution in [0.3, 0.4) is 0 Å². The van der Waals surface area contributed by atoms with Gasteiger partial charge in [0, 0.05) is 13.1 Å². The van der Waals surface area contributed by atoms with Crippen molar-refractivity contribution in [3.63, 3.8) is 0 Å². The summed E-state index contributed by atoms with van der Waals surface area (Å²) in [7, 11) is -4.26. The summed E-state index contributed by atoms with van der Waals surface area (Å²) in [5, 5.41) is 10.1. The molecule has 4 nitrogen and oxygen atoms in total. The van der Waals surface area contributed by atoms with Gasteiger partial charge in [-0.25, -0.2) is 17.2 Å². The molecule has 0 unspecified atom stereocenters. The van der Waals surface area contributed by atoms with Crippen molar-refractivity contribution >= 4 is 10.0 Å². The molecular formula is C13H17F2NO3S. The van der Waals surface area contributed by atoms with Gasteiger partial charge in [-0.15, -0.1) is 0 Å². The molecule has 0 amide bonds. The lowest BCUT2D eigenvalue weighted by Crippen LogP contribution is -2.65. The largest absolute Gasteiger partial charge is 0.387 e. The summed E-state index contributed by atoms with van der Waals surface area (Å²) in [5.41, 5.74) is -0.827. The van der Waals surface area contributed by atoms with E-state index < -0.39 is 32.2 Å². The average Bonchev–Trinajstić information content (AvgIpc) is 2.22. The summed E-state index contributed by atoms with van der Waals surface area (Å²) in [6, 6.07) is 1.95. The third-order valence-corrected chi connectivity index (χ3v) is 5.56. The van der Waals surface area contributed by atoms with Crippen LogP contribution in [0, 0.1) is 24.5 Å². The molecule has 0 aromatic heterocycles. The van der Waals surface area contributed by atoms with Crippen LogP contribution in [0.1, 0.15) is 19.4 Å². The van der Waals surface area contributed by atoms with Gasteiger partial charge in [0.1, 0.15) is 11.6 Å². The van der Waals surface area contributed by atoms with Crippen LogP contribution in [-0.2, 0) is 10.0 Å². The van der Waals surface area contributed by atoms with E-state index >= 15 is 0 Å². The van der Waals surface area contributed by atoms with Gasteiger partial charge >= 0.3 is 0 Å². The maximum absolute atomic E-state index is 13.8. The van der Waals surface area contributed by atoms with Crippen molar-refractivity contribution in [2.24, 2.45) is 5.92 Å². The van der Waals surface area contributed by atoms with Crippen LogP contribution in [0.25, 0.3) is 0 Å². The molecule has 2 rings (SSSR count). The SMILES string of the molecule is Cc1cc(F)c(S(=O)(=O)N2CC(O)(C(C)C)C2)c(F)c1. The summed E-state index contributed by atoms with van der Waals surface area (Å²) in [5.74, 6) is -2.35. The number of aryl methyl sites for hydroxylation is 1. The van der Waals surface area contributed by atoms with Crippen molar-refractivity contribution in [3.8, 4) is 0 Å². The van der Waals surface area contributed by atoms with Crippen LogP contribution >= 0.6 is 0 Å². The van der Waals surface area contributed by atoms with E-state index in [1.165, 1.54) is 6.92 Å². The van der Waals surface area contributed by atoms with E-state index in [2.05, 4.69) is 0 Å². The van der Waals surface area contributed by atoms with Gasteiger partial charge in [0.05, 0.1) is 5.60 Å². The van der Waals surface area contributed by atoms with Gasteiger partial charge in [0.25, 0.3) is 0 Å². The Kier molecular flexibility index (Phi) is 3.64. The summed E-state index contributed by atoms with van der Waals surface area (Å²) in [6.07, 6.45) is 0. The molecule has 1 aliphatic heterocycles. The third-order valence-electron chi connectivity index (χ3n) is 3.72. The monoisotopic (exact) mass is 305 g/mol. The van der Waals surface area contributed by atoms with Gasteiger partial charge in [-0.3, -0.25) is 0 Å². The van der Waals surface area contributed by atoms with Crippen LogP contribution in [0.15, 0.2) is 17.0 Å². The molecule has 1 heterocycles. The Morgan fingerprint density at radius 2 is 1.70 bits per heavy atom. The Bertz CT molecular complexity index is 614. The van der Waals surface area contributed by atoms with Crippen molar-refractivity contribution in [2.45, 2.75) is 31.3 Å². The fourth-order valence-corrected chi connectivity index (χ4v) is 3.82. The van der Waals surface area contributed by atoms with Gasteiger partial charge in [-0.2, -0.15) is 4.31 Å². The lowest BCUT2D eigenvalue weighted by atomic mass is 9.85. The molecule has 7 heteroatoms. The van der Waals surface area contributed by atoms with Crippen LogP contribution in [0.5, 0.6) is 0 Å². The second-order valence-electron chi connectivity index (χ2n) is 5.59. The van der Waals surface area contributed by atoms with Gasteiger partial charge in [0.15, 0.2) is 4.90 Å². The van der Waals surface area contributed by atoms with Gasteiger partial charge in [-0.1, -0.05) is 13.8 Å². The standard InChI is InChI=1S/C13H17F2NO3S/c1-8(2)13(17)6-16(7-13)20(18,19)12-10(14)4-9(3)5-11(12)15/h4-5,8,17H,6-7H2,1-3H3. The molecule has 112 valence electrons. The Morgan fingerprint density at radius 3 is 2.10 bits per heavy atom. The molecule has 0 bridgehead atoms. The van der Waals surface area contributed by atoms with E-state index in [9.17, 15) is 22.3 Å². The molecular weight excluding hydrogens is 288 g/mol. The molecule has 1 fully saturated rings. The van der Waals surface area contributed by atoms with Crippen LogP contribution < -0.4 is 0 Å². The fourth-order valence-electron chi connectivity index (χ4n) is 2.16. The smallest absolute Gasteiger partial charge is 0.249 e. The minimum Gasteiger partial charge on any atom is -0.387 e. The maximum Gasteiger partial charge on any atom is 0.249 e. The number of benzene rings is 1. The molecule has 1 aromatic carbocycles. The lowest BCUT2D eigenvalue weighted by Gasteiger charge is -2.47. The normalized spacial score (nSPS) is 19.1. The van der Waals surface area contributed by atoms with Crippen LogP contribution in [0.2, 0.25) is 0 Å². The van der Waals surface area contributed by atoms with Crippen molar-refractivity contribution in [1.29, 1.82) is 0 Å². The number of aliphatic hydroxyl groups is 1. The first kappa shape index (κ1) is 15.3. The van der Waals surface area contributed by atoms with Crippen molar-refractivity contribution in [3.05, 3.63) is 29.3 Å². The number of hydrogen-bond donors (Lipinski definition) is 1. The first-order valence-corrected chi connectivity index (χ1v) is 7.70. The molecule has 0 radical (unpaired) electrons. The molecule has 20 heavy (non-hydrogen) atoms. The number of rotatable bonds is 3. The molecule has 1 aromatic rings. The third kappa shape index (κ3) is 2.34. The molecule has 0 saturated carbocycles. The predicted molar refractivity (Wildman–Crippen MR) is 69.6 cm³/mol. The van der Waals surface area contributed by atoms with E-state index in [4.69, 9.17) is 0 Å². The zero-order valence-electron chi connectivity index (χ0n) is 11.5. The fraction of sp³-hybridized carbons (Fsp3) is 0.538. The molecule has 1 aliphatic rings. The van der Waals surface area contributed by atoms with E-state index in [1.54, 1.807) is 13.8 Å². The molecule has 0 aliphatic carbocycles. The predicted octanol–water partition coefficient (Wildman–Crippen LogP) is 1.66. The highest BCUT2D eigenvalue weighted by Gasteiger charge is 2.50. The topological polar surface area (TPSA) is 57.6 Å². The molecule has 1 saturated heterocycles. The van der Waals surface area contributed by atoms with E-state index in [0.717, 1.165) is 16.4 Å². The number of nitrogens with zero attached hydrogens (tertiary/aromatic N) is 1. The van der Waals surface area contributed by atoms with Crippen molar-refractivity contribution in [2.75, 3.05) is 13.1 Å². The summed E-state index contributed by atoms with van der Waals surface area (Å²) in [6.45, 7) is 4.69. The lowest BCUT2D eigenvalue weighted by molar-refractivity contribution is -0.0933. The quantitative estimate of drug-likeness (QED) is 0.924. The summed E-state index contributed by atoms with van der Waals surface area (Å²) >= 11 is 0. The number of sulfonamides is 1. The number of halogens is 2. The number of hydrogen-bond acceptors (Lipinski definition) is 3. The molecule has 0 spiro atoms. The Balaban J connectivity index is 2.35. The zero-order valence-corrected chi connectivity index (χ0v) is 12.3. The van der Waals surface area contributed by atoms with E-state index in [-0.39, 0.29) is 19.0 Å². The van der Waals surface area contributed by atoms with Crippen LogP contribution in [0.4, 0.5) is 8.78 Å². The number of β-amino-alcohol motifs (C(OH)–C–C–N with tert-alkyl or cyclic N) is 1. The Morgan fingerprint density at radius 1 is 1.25 bits per heavy atom. The Hall–Kier alpha value is -1.05.